The monoisotopic (exact) mass is 242 g/mol. The zero-order valence-corrected chi connectivity index (χ0v) is 8.92. The van der Waals surface area contributed by atoms with Gasteiger partial charge in [-0.2, -0.15) is 0 Å². The van der Waals surface area contributed by atoms with Crippen molar-refractivity contribution in [2.75, 3.05) is 0 Å². The lowest BCUT2D eigenvalue weighted by Crippen LogP contribution is -2.03. The molecule has 0 amide bonds. The van der Waals surface area contributed by atoms with Crippen molar-refractivity contribution in [1.82, 2.24) is 9.59 Å². The smallest absolute Gasteiger partial charge is 0.162 e. The van der Waals surface area contributed by atoms with Crippen LogP contribution in [-0.2, 0) is 6.42 Å². The highest BCUT2D eigenvalue weighted by atomic mass is 32.1. The van der Waals surface area contributed by atoms with E-state index in [4.69, 9.17) is 0 Å². The first-order chi connectivity index (χ1) is 7.68. The topological polar surface area (TPSA) is 46.0 Å². The van der Waals surface area contributed by atoms with E-state index in [-0.39, 0.29) is 12.0 Å². The van der Waals surface area contributed by atoms with Gasteiger partial charge in [0.25, 0.3) is 0 Å². The van der Waals surface area contributed by atoms with Crippen molar-refractivity contribution in [2.24, 2.45) is 0 Å². The Labute approximate surface area is 94.5 Å². The third kappa shape index (κ3) is 2.23. The fraction of sp³-hybridized carbons (Fsp3) is 0.200. The first-order valence-electron chi connectivity index (χ1n) is 4.56. The first-order valence-corrected chi connectivity index (χ1v) is 5.34. The zero-order valence-electron chi connectivity index (χ0n) is 8.10. The second-order valence-corrected chi connectivity index (χ2v) is 4.07. The molecule has 6 heteroatoms. The lowest BCUT2D eigenvalue weighted by Gasteiger charge is -2.08. The summed E-state index contributed by atoms with van der Waals surface area (Å²) in [5, 5.41) is 13.3. The Morgan fingerprint density at radius 3 is 2.88 bits per heavy atom. The third-order valence-electron chi connectivity index (χ3n) is 2.15. The third-order valence-corrected chi connectivity index (χ3v) is 2.92. The number of aliphatic hydroxyl groups is 1. The van der Waals surface area contributed by atoms with E-state index < -0.39 is 17.7 Å². The average Bonchev–Trinajstić information content (AvgIpc) is 2.78. The predicted molar refractivity (Wildman–Crippen MR) is 54.9 cm³/mol. The molecule has 2 rings (SSSR count). The Morgan fingerprint density at radius 1 is 1.38 bits per heavy atom. The first kappa shape index (κ1) is 11.1. The number of hydrogen-bond donors (Lipinski definition) is 1. The van der Waals surface area contributed by atoms with Crippen LogP contribution in [0.15, 0.2) is 24.4 Å². The predicted octanol–water partition coefficient (Wildman–Crippen LogP) is 2.09. The second-order valence-electron chi connectivity index (χ2n) is 3.25. The molecule has 1 atom stereocenters. The van der Waals surface area contributed by atoms with Crippen molar-refractivity contribution in [3.05, 3.63) is 46.5 Å². The van der Waals surface area contributed by atoms with Gasteiger partial charge in [-0.15, -0.1) is 5.10 Å². The molecule has 1 aromatic carbocycles. The summed E-state index contributed by atoms with van der Waals surface area (Å²) in [6.45, 7) is 0. The summed E-state index contributed by atoms with van der Waals surface area (Å²) in [5.74, 6) is -1.83. The van der Waals surface area contributed by atoms with Gasteiger partial charge >= 0.3 is 0 Å². The van der Waals surface area contributed by atoms with Crippen LogP contribution in [0.5, 0.6) is 0 Å². The SMILES string of the molecule is OC(Cc1cccc(F)c1F)c1cnns1. The Kier molecular flexibility index (Phi) is 3.21. The molecule has 1 heterocycles. The molecule has 84 valence electrons. The number of halogens is 2. The van der Waals surface area contributed by atoms with Crippen LogP contribution >= 0.6 is 11.5 Å². The number of nitrogens with zero attached hydrogens (tertiary/aromatic N) is 2. The number of rotatable bonds is 3. The van der Waals surface area contributed by atoms with E-state index in [1.807, 2.05) is 0 Å². The number of aliphatic hydroxyl groups excluding tert-OH is 1. The van der Waals surface area contributed by atoms with Gasteiger partial charge < -0.3 is 5.11 Å². The number of aromatic nitrogens is 2. The molecule has 0 spiro atoms. The molecular weight excluding hydrogens is 234 g/mol. The Hall–Kier alpha value is -1.40. The van der Waals surface area contributed by atoms with Crippen LogP contribution in [0.4, 0.5) is 8.78 Å². The lowest BCUT2D eigenvalue weighted by atomic mass is 10.1. The van der Waals surface area contributed by atoms with Crippen LogP contribution in [0.25, 0.3) is 0 Å². The molecular formula is C10H8F2N2OS. The van der Waals surface area contributed by atoms with Gasteiger partial charge in [0.1, 0.15) is 0 Å². The van der Waals surface area contributed by atoms with Gasteiger partial charge in [0.05, 0.1) is 17.2 Å². The van der Waals surface area contributed by atoms with Crippen molar-refractivity contribution in [2.45, 2.75) is 12.5 Å². The largest absolute Gasteiger partial charge is 0.387 e. The molecule has 1 N–H and O–H groups in total. The molecule has 0 bridgehead atoms. The number of hydrogen-bond acceptors (Lipinski definition) is 4. The molecule has 0 radical (unpaired) electrons. The molecule has 1 aromatic heterocycles. The minimum Gasteiger partial charge on any atom is -0.387 e. The minimum absolute atomic E-state index is 0.00741. The Balaban J connectivity index is 2.18. The minimum atomic E-state index is -0.918. The summed E-state index contributed by atoms with van der Waals surface area (Å²) >= 11 is 1.03. The average molecular weight is 242 g/mol. The van der Waals surface area contributed by atoms with Crippen molar-refractivity contribution in [3.8, 4) is 0 Å². The lowest BCUT2D eigenvalue weighted by molar-refractivity contribution is 0.180. The van der Waals surface area contributed by atoms with Crippen LogP contribution in [-0.4, -0.2) is 14.7 Å². The van der Waals surface area contributed by atoms with Crippen LogP contribution in [0.2, 0.25) is 0 Å². The summed E-state index contributed by atoms with van der Waals surface area (Å²) < 4.78 is 29.8. The molecule has 0 saturated heterocycles. The van der Waals surface area contributed by atoms with Gasteiger partial charge in [0, 0.05) is 6.42 Å². The maximum absolute atomic E-state index is 13.3. The summed E-state index contributed by atoms with van der Waals surface area (Å²) in [4.78, 5) is 0.531. The van der Waals surface area contributed by atoms with Crippen LogP contribution < -0.4 is 0 Å². The Bertz CT molecular complexity index is 476. The van der Waals surface area contributed by atoms with Gasteiger partial charge in [-0.3, -0.25) is 0 Å². The summed E-state index contributed by atoms with van der Waals surface area (Å²) in [6.07, 6.45) is 0.510. The highest BCUT2D eigenvalue weighted by Gasteiger charge is 2.15. The van der Waals surface area contributed by atoms with E-state index in [2.05, 4.69) is 9.59 Å². The summed E-state index contributed by atoms with van der Waals surface area (Å²) in [6, 6.07) is 3.89. The van der Waals surface area contributed by atoms with Crippen LogP contribution in [0, 0.1) is 11.6 Å². The van der Waals surface area contributed by atoms with Gasteiger partial charge in [-0.1, -0.05) is 16.6 Å². The molecule has 1 unspecified atom stereocenters. The van der Waals surface area contributed by atoms with E-state index in [9.17, 15) is 13.9 Å². The van der Waals surface area contributed by atoms with Gasteiger partial charge in [-0.25, -0.2) is 8.78 Å². The Morgan fingerprint density at radius 2 is 2.19 bits per heavy atom. The fourth-order valence-corrected chi connectivity index (χ4v) is 1.82. The molecule has 0 saturated carbocycles. The molecule has 0 aliphatic heterocycles. The fourth-order valence-electron chi connectivity index (χ4n) is 1.34. The van der Waals surface area contributed by atoms with Gasteiger partial charge in [0.15, 0.2) is 11.6 Å². The van der Waals surface area contributed by atoms with E-state index >= 15 is 0 Å². The van der Waals surface area contributed by atoms with Crippen molar-refractivity contribution >= 4 is 11.5 Å². The van der Waals surface area contributed by atoms with E-state index in [0.29, 0.717) is 4.88 Å². The molecule has 0 aliphatic rings. The van der Waals surface area contributed by atoms with Crippen molar-refractivity contribution in [1.29, 1.82) is 0 Å². The van der Waals surface area contributed by atoms with E-state index in [1.54, 1.807) is 0 Å². The standard InChI is InChI=1S/C10H8F2N2OS/c11-7-3-1-2-6(10(7)12)4-8(15)9-5-13-14-16-9/h1-3,5,8,15H,4H2. The summed E-state index contributed by atoms with van der Waals surface area (Å²) in [5.41, 5.74) is 0.140. The molecule has 0 fully saturated rings. The maximum Gasteiger partial charge on any atom is 0.162 e. The van der Waals surface area contributed by atoms with Crippen LogP contribution in [0.1, 0.15) is 16.5 Å². The van der Waals surface area contributed by atoms with Crippen molar-refractivity contribution < 1.29 is 13.9 Å². The molecule has 3 nitrogen and oxygen atoms in total. The summed E-state index contributed by atoms with van der Waals surface area (Å²) in [7, 11) is 0. The van der Waals surface area contributed by atoms with Gasteiger partial charge in [-0.05, 0) is 23.2 Å². The zero-order chi connectivity index (χ0) is 11.5. The van der Waals surface area contributed by atoms with Crippen molar-refractivity contribution in [3.63, 3.8) is 0 Å². The molecule has 0 aliphatic carbocycles. The van der Waals surface area contributed by atoms with Crippen LogP contribution in [0.3, 0.4) is 0 Å². The molecule has 2 aromatic rings. The van der Waals surface area contributed by atoms with Gasteiger partial charge in [0.2, 0.25) is 0 Å². The van der Waals surface area contributed by atoms with E-state index in [1.165, 1.54) is 18.3 Å². The highest BCUT2D eigenvalue weighted by Crippen LogP contribution is 2.22. The quantitative estimate of drug-likeness (QED) is 0.896. The number of benzene rings is 1. The maximum atomic E-state index is 13.3. The molecule has 16 heavy (non-hydrogen) atoms. The second kappa shape index (κ2) is 4.63. The van der Waals surface area contributed by atoms with E-state index in [0.717, 1.165) is 17.6 Å². The normalized spacial score (nSPS) is 12.7. The highest BCUT2D eigenvalue weighted by molar-refractivity contribution is 7.05.